The minimum atomic E-state index is 0.0383. The number of pyridine rings is 1. The van der Waals surface area contributed by atoms with Crippen LogP contribution in [0.5, 0.6) is 0 Å². The van der Waals surface area contributed by atoms with E-state index in [9.17, 15) is 4.79 Å². The second kappa shape index (κ2) is 6.29. The Kier molecular flexibility index (Phi) is 4.72. The first-order chi connectivity index (χ1) is 8.66. The Balaban J connectivity index is 2.07. The molecule has 4 nitrogen and oxygen atoms in total. The van der Waals surface area contributed by atoms with Gasteiger partial charge in [-0.1, -0.05) is 0 Å². The molecule has 1 aliphatic heterocycles. The van der Waals surface area contributed by atoms with Crippen molar-refractivity contribution in [2.24, 2.45) is 5.92 Å². The van der Waals surface area contributed by atoms with E-state index < -0.39 is 0 Å². The van der Waals surface area contributed by atoms with E-state index >= 15 is 0 Å². The van der Waals surface area contributed by atoms with Gasteiger partial charge < -0.3 is 4.74 Å². The molecule has 0 aromatic carbocycles. The number of hydrogen-bond donors (Lipinski definition) is 0. The van der Waals surface area contributed by atoms with Crippen LogP contribution < -0.4 is 4.90 Å². The number of carbonyl (C=O) groups excluding carboxylic acids is 1. The molecule has 2 heterocycles. The summed E-state index contributed by atoms with van der Waals surface area (Å²) in [4.78, 5) is 17.8. The molecule has 1 fully saturated rings. The zero-order chi connectivity index (χ0) is 13.0. The molecule has 0 unspecified atom stereocenters. The molecule has 18 heavy (non-hydrogen) atoms. The summed E-state index contributed by atoms with van der Waals surface area (Å²) in [6.07, 6.45) is 3.75. The maximum Gasteiger partial charge on any atom is 0.225 e. The van der Waals surface area contributed by atoms with Crippen LogP contribution in [0.3, 0.4) is 0 Å². The van der Waals surface area contributed by atoms with Gasteiger partial charge in [-0.25, -0.2) is 4.98 Å². The van der Waals surface area contributed by atoms with Gasteiger partial charge in [0.25, 0.3) is 0 Å². The summed E-state index contributed by atoms with van der Waals surface area (Å²) in [5, 5.41) is 0. The van der Waals surface area contributed by atoms with Crippen molar-refractivity contribution in [1.82, 2.24) is 4.98 Å². The molecular weight excluding hydrogens is 296 g/mol. The molecule has 0 aliphatic carbocycles. The Morgan fingerprint density at radius 3 is 2.78 bits per heavy atom. The summed E-state index contributed by atoms with van der Waals surface area (Å²) in [6.45, 7) is 3.91. The van der Waals surface area contributed by atoms with Gasteiger partial charge in [-0.2, -0.15) is 0 Å². The molecule has 1 saturated heterocycles. The van der Waals surface area contributed by atoms with E-state index in [-0.39, 0.29) is 5.91 Å². The summed E-state index contributed by atoms with van der Waals surface area (Å²) in [5.41, 5.74) is 0. The standard InChI is InChI=1S/C13H17BrN2O2/c1-10(17)16(9-11-4-6-18-7-5-11)13-3-2-12(14)8-15-13/h2-3,8,11H,4-7,9H2,1H3. The number of halogens is 1. The first kappa shape index (κ1) is 13.5. The normalized spacial score (nSPS) is 16.6. The fourth-order valence-corrected chi connectivity index (χ4v) is 2.33. The maximum atomic E-state index is 11.7. The molecule has 0 atom stereocenters. The average Bonchev–Trinajstić information content (AvgIpc) is 2.38. The van der Waals surface area contributed by atoms with E-state index in [2.05, 4.69) is 20.9 Å². The van der Waals surface area contributed by atoms with Gasteiger partial charge in [-0.3, -0.25) is 9.69 Å². The van der Waals surface area contributed by atoms with Crippen LogP contribution in [0.1, 0.15) is 19.8 Å². The summed E-state index contributed by atoms with van der Waals surface area (Å²) in [7, 11) is 0. The third-order valence-electron chi connectivity index (χ3n) is 3.15. The maximum absolute atomic E-state index is 11.7. The van der Waals surface area contributed by atoms with Crippen molar-refractivity contribution in [2.45, 2.75) is 19.8 Å². The predicted octanol–water partition coefficient (Wildman–Crippen LogP) is 2.62. The monoisotopic (exact) mass is 312 g/mol. The van der Waals surface area contributed by atoms with Crippen molar-refractivity contribution < 1.29 is 9.53 Å². The smallest absolute Gasteiger partial charge is 0.225 e. The first-order valence-electron chi connectivity index (χ1n) is 6.14. The van der Waals surface area contributed by atoms with Gasteiger partial charge in [0.05, 0.1) is 0 Å². The molecule has 0 radical (unpaired) electrons. The molecule has 1 aromatic rings. The molecular formula is C13H17BrN2O2. The number of carbonyl (C=O) groups is 1. The SMILES string of the molecule is CC(=O)N(CC1CCOCC1)c1ccc(Br)cn1. The van der Waals surface area contributed by atoms with E-state index in [1.165, 1.54) is 0 Å². The van der Waals surface area contributed by atoms with E-state index in [1.807, 2.05) is 12.1 Å². The van der Waals surface area contributed by atoms with Crippen molar-refractivity contribution in [3.63, 3.8) is 0 Å². The van der Waals surface area contributed by atoms with Crippen LogP contribution in [0.2, 0.25) is 0 Å². The summed E-state index contributed by atoms with van der Waals surface area (Å²) in [5.74, 6) is 1.27. The lowest BCUT2D eigenvalue weighted by atomic mass is 9.99. The molecule has 0 saturated carbocycles. The van der Waals surface area contributed by atoms with Crippen molar-refractivity contribution in [2.75, 3.05) is 24.7 Å². The third kappa shape index (κ3) is 3.53. The highest BCUT2D eigenvalue weighted by atomic mass is 79.9. The van der Waals surface area contributed by atoms with Crippen LogP contribution in [-0.4, -0.2) is 30.6 Å². The fourth-order valence-electron chi connectivity index (χ4n) is 2.10. The van der Waals surface area contributed by atoms with Crippen LogP contribution >= 0.6 is 15.9 Å². The van der Waals surface area contributed by atoms with E-state index in [4.69, 9.17) is 4.74 Å². The number of rotatable bonds is 3. The molecule has 0 bridgehead atoms. The summed E-state index contributed by atoms with van der Waals surface area (Å²) in [6, 6.07) is 3.77. The molecule has 0 N–H and O–H groups in total. The number of anilines is 1. The largest absolute Gasteiger partial charge is 0.381 e. The van der Waals surface area contributed by atoms with Gasteiger partial charge in [0, 0.05) is 37.4 Å². The van der Waals surface area contributed by atoms with Crippen LogP contribution in [0.25, 0.3) is 0 Å². The van der Waals surface area contributed by atoms with Gasteiger partial charge in [0.1, 0.15) is 5.82 Å². The van der Waals surface area contributed by atoms with E-state index in [0.717, 1.165) is 42.9 Å². The minimum absolute atomic E-state index is 0.0383. The summed E-state index contributed by atoms with van der Waals surface area (Å²) < 4.78 is 6.26. The first-order valence-corrected chi connectivity index (χ1v) is 6.93. The van der Waals surface area contributed by atoms with Crippen molar-refractivity contribution in [3.8, 4) is 0 Å². The predicted molar refractivity (Wildman–Crippen MR) is 73.5 cm³/mol. The lowest BCUT2D eigenvalue weighted by Gasteiger charge is -2.28. The lowest BCUT2D eigenvalue weighted by Crippen LogP contribution is -2.36. The second-order valence-corrected chi connectivity index (χ2v) is 5.44. The molecule has 5 heteroatoms. The van der Waals surface area contributed by atoms with E-state index in [1.54, 1.807) is 18.0 Å². The topological polar surface area (TPSA) is 42.4 Å². The van der Waals surface area contributed by atoms with Crippen molar-refractivity contribution in [3.05, 3.63) is 22.8 Å². The number of nitrogens with zero attached hydrogens (tertiary/aromatic N) is 2. The molecule has 98 valence electrons. The van der Waals surface area contributed by atoms with Gasteiger partial charge in [0.2, 0.25) is 5.91 Å². The summed E-state index contributed by atoms with van der Waals surface area (Å²) >= 11 is 3.35. The highest BCUT2D eigenvalue weighted by Crippen LogP contribution is 2.21. The molecule has 0 spiro atoms. The lowest BCUT2D eigenvalue weighted by molar-refractivity contribution is -0.116. The highest BCUT2D eigenvalue weighted by Gasteiger charge is 2.21. The van der Waals surface area contributed by atoms with Crippen LogP contribution in [-0.2, 0) is 9.53 Å². The third-order valence-corrected chi connectivity index (χ3v) is 3.62. The van der Waals surface area contributed by atoms with Crippen molar-refractivity contribution in [1.29, 1.82) is 0 Å². The quantitative estimate of drug-likeness (QED) is 0.861. The van der Waals surface area contributed by atoms with Gasteiger partial charge in [-0.15, -0.1) is 0 Å². The zero-order valence-corrected chi connectivity index (χ0v) is 12.0. The number of aromatic nitrogens is 1. The van der Waals surface area contributed by atoms with Crippen molar-refractivity contribution >= 4 is 27.7 Å². The Morgan fingerprint density at radius 1 is 1.50 bits per heavy atom. The van der Waals surface area contributed by atoms with Gasteiger partial charge in [0.15, 0.2) is 0 Å². The van der Waals surface area contributed by atoms with Gasteiger partial charge >= 0.3 is 0 Å². The van der Waals surface area contributed by atoms with Gasteiger partial charge in [-0.05, 0) is 46.8 Å². The second-order valence-electron chi connectivity index (χ2n) is 4.52. The molecule has 1 aromatic heterocycles. The van der Waals surface area contributed by atoms with Crippen LogP contribution in [0.15, 0.2) is 22.8 Å². The number of hydrogen-bond acceptors (Lipinski definition) is 3. The highest BCUT2D eigenvalue weighted by molar-refractivity contribution is 9.10. The minimum Gasteiger partial charge on any atom is -0.381 e. The Morgan fingerprint density at radius 2 is 2.22 bits per heavy atom. The average molecular weight is 313 g/mol. The van der Waals surface area contributed by atoms with Crippen LogP contribution in [0.4, 0.5) is 5.82 Å². The Labute approximate surface area is 115 Å². The van der Waals surface area contributed by atoms with Crippen LogP contribution in [0, 0.1) is 5.92 Å². The Hall–Kier alpha value is -0.940. The number of ether oxygens (including phenoxy) is 1. The molecule has 1 amide bonds. The Bertz CT molecular complexity index is 402. The molecule has 2 rings (SSSR count). The van der Waals surface area contributed by atoms with E-state index in [0.29, 0.717) is 5.92 Å². The number of amides is 1. The fraction of sp³-hybridized carbons (Fsp3) is 0.538. The zero-order valence-electron chi connectivity index (χ0n) is 10.4. The molecule has 1 aliphatic rings.